The summed E-state index contributed by atoms with van der Waals surface area (Å²) in [6.07, 6.45) is -13.6. The number of carboxylic acid groups (broad SMARTS) is 1. The lowest BCUT2D eigenvalue weighted by molar-refractivity contribution is -0.319. The van der Waals surface area contributed by atoms with E-state index in [-0.39, 0.29) is 0 Å². The number of hydrogen-bond donors (Lipinski definition) is 8. The number of ether oxygens (including phenoxy) is 2. The molecule has 0 amide bonds. The van der Waals surface area contributed by atoms with Crippen LogP contribution in [0.2, 0.25) is 0 Å². The van der Waals surface area contributed by atoms with Crippen molar-refractivity contribution in [3.63, 3.8) is 0 Å². The number of hydrogen-bond acceptors (Lipinski definition) is 10. The minimum atomic E-state index is -1.91. The van der Waals surface area contributed by atoms with Crippen molar-refractivity contribution in [1.29, 1.82) is 0 Å². The van der Waals surface area contributed by atoms with Gasteiger partial charge >= 0.3 is 5.97 Å². The van der Waals surface area contributed by atoms with Gasteiger partial charge in [-0.25, -0.2) is 4.79 Å². The molecule has 8 N–H and O–H groups in total. The van der Waals surface area contributed by atoms with E-state index in [1.807, 2.05) is 0 Å². The summed E-state index contributed by atoms with van der Waals surface area (Å²) in [5.41, 5.74) is 0. The molecule has 0 radical (unpaired) electrons. The number of carbonyl (C=O) groups is 1. The number of aliphatic hydroxyl groups excluding tert-OH is 7. The van der Waals surface area contributed by atoms with Crippen molar-refractivity contribution in [2.75, 3.05) is 13.2 Å². The van der Waals surface area contributed by atoms with Crippen LogP contribution in [0, 0.1) is 0 Å². The first-order chi connectivity index (χ1) is 10.7. The summed E-state index contributed by atoms with van der Waals surface area (Å²) in [7, 11) is 0. The summed E-state index contributed by atoms with van der Waals surface area (Å²) in [5, 5.41) is 74.7. The Morgan fingerprint density at radius 3 is 2.17 bits per heavy atom. The Bertz CT molecular complexity index is 376. The van der Waals surface area contributed by atoms with Gasteiger partial charge in [0.05, 0.1) is 19.3 Å². The topological polar surface area (TPSA) is 197 Å². The van der Waals surface area contributed by atoms with Crippen molar-refractivity contribution >= 4 is 5.97 Å². The SMILES string of the molecule is O=C(O)[C@H](O)C[C@H](O[C@@H]1O[C@H](CO)[C@@H](O)[C@H](O)[C@@H]1O)[C@H](O)CO. The zero-order valence-electron chi connectivity index (χ0n) is 12.0. The highest BCUT2D eigenvalue weighted by molar-refractivity contribution is 5.71. The third-order valence-corrected chi connectivity index (χ3v) is 3.51. The first-order valence-electron chi connectivity index (χ1n) is 6.88. The van der Waals surface area contributed by atoms with Gasteiger partial charge in [-0.15, -0.1) is 0 Å². The summed E-state index contributed by atoms with van der Waals surface area (Å²) in [6, 6.07) is 0. The van der Waals surface area contributed by atoms with Gasteiger partial charge in [0.1, 0.15) is 30.5 Å². The molecule has 0 saturated carbocycles. The predicted octanol–water partition coefficient (Wildman–Crippen LogP) is -4.64. The molecule has 1 aliphatic heterocycles. The summed E-state index contributed by atoms with van der Waals surface area (Å²) in [5.74, 6) is -1.59. The first-order valence-corrected chi connectivity index (χ1v) is 6.88. The third-order valence-electron chi connectivity index (χ3n) is 3.51. The van der Waals surface area contributed by atoms with Gasteiger partial charge in [0.15, 0.2) is 12.4 Å². The van der Waals surface area contributed by atoms with Crippen LogP contribution < -0.4 is 0 Å². The van der Waals surface area contributed by atoms with E-state index in [0.717, 1.165) is 0 Å². The molecule has 1 saturated heterocycles. The van der Waals surface area contributed by atoms with E-state index in [1.165, 1.54) is 0 Å². The molecule has 0 unspecified atom stereocenters. The van der Waals surface area contributed by atoms with Crippen molar-refractivity contribution in [1.82, 2.24) is 0 Å². The van der Waals surface area contributed by atoms with Crippen LogP contribution in [0.25, 0.3) is 0 Å². The zero-order valence-corrected chi connectivity index (χ0v) is 12.0. The fourth-order valence-corrected chi connectivity index (χ4v) is 2.09. The number of aliphatic hydroxyl groups is 7. The Hall–Kier alpha value is -0.890. The smallest absolute Gasteiger partial charge is 0.332 e. The lowest BCUT2D eigenvalue weighted by Crippen LogP contribution is -2.60. The highest BCUT2D eigenvalue weighted by atomic mass is 16.7. The zero-order chi connectivity index (χ0) is 17.7. The highest BCUT2D eigenvalue weighted by Crippen LogP contribution is 2.24. The van der Waals surface area contributed by atoms with E-state index in [9.17, 15) is 30.3 Å². The average molecular weight is 342 g/mol. The average Bonchev–Trinajstić information content (AvgIpc) is 2.53. The van der Waals surface area contributed by atoms with Gasteiger partial charge in [-0.05, 0) is 0 Å². The number of carboxylic acids is 1. The molecule has 1 heterocycles. The standard InChI is InChI=1S/C12H22O11/c13-2-5(16)6(1-4(15)11(20)21)22-12-10(19)9(18)8(17)7(3-14)23-12/h4-10,12-19H,1-3H2,(H,20,21)/t4-,5-,6+,7-,8-,9+,10+,12-/m1/s1. The van der Waals surface area contributed by atoms with Crippen LogP contribution >= 0.6 is 0 Å². The molecule has 0 aromatic heterocycles. The molecule has 0 aromatic carbocycles. The largest absolute Gasteiger partial charge is 0.479 e. The molecular formula is C12H22O11. The van der Waals surface area contributed by atoms with Gasteiger partial charge in [-0.1, -0.05) is 0 Å². The van der Waals surface area contributed by atoms with E-state index in [1.54, 1.807) is 0 Å². The van der Waals surface area contributed by atoms with E-state index < -0.39 is 74.6 Å². The van der Waals surface area contributed by atoms with E-state index in [0.29, 0.717) is 0 Å². The second-order valence-corrected chi connectivity index (χ2v) is 5.21. The van der Waals surface area contributed by atoms with Gasteiger partial charge in [-0.2, -0.15) is 0 Å². The Morgan fingerprint density at radius 1 is 1.09 bits per heavy atom. The molecule has 1 fully saturated rings. The first kappa shape index (κ1) is 20.2. The summed E-state index contributed by atoms with van der Waals surface area (Å²) < 4.78 is 10.2. The molecule has 11 heteroatoms. The molecule has 1 rings (SSSR count). The fraction of sp³-hybridized carbons (Fsp3) is 0.917. The van der Waals surface area contributed by atoms with E-state index in [2.05, 4.69) is 0 Å². The molecule has 0 bridgehead atoms. The molecular weight excluding hydrogens is 320 g/mol. The minimum absolute atomic E-state index is 0.633. The van der Waals surface area contributed by atoms with Crippen LogP contribution in [0.15, 0.2) is 0 Å². The lowest BCUT2D eigenvalue weighted by Gasteiger charge is -2.41. The van der Waals surface area contributed by atoms with Crippen molar-refractivity contribution in [3.8, 4) is 0 Å². The minimum Gasteiger partial charge on any atom is -0.479 e. The van der Waals surface area contributed by atoms with Gasteiger partial charge in [0, 0.05) is 6.42 Å². The monoisotopic (exact) mass is 342 g/mol. The Balaban J connectivity index is 2.82. The van der Waals surface area contributed by atoms with Crippen LogP contribution in [0.4, 0.5) is 0 Å². The van der Waals surface area contributed by atoms with Crippen LogP contribution in [-0.2, 0) is 14.3 Å². The van der Waals surface area contributed by atoms with Crippen LogP contribution in [0.5, 0.6) is 0 Å². The van der Waals surface area contributed by atoms with Crippen molar-refractivity contribution in [3.05, 3.63) is 0 Å². The maximum Gasteiger partial charge on any atom is 0.332 e. The van der Waals surface area contributed by atoms with Gasteiger partial charge in [0.2, 0.25) is 0 Å². The Kier molecular flexibility index (Phi) is 7.73. The van der Waals surface area contributed by atoms with Gasteiger partial charge in [-0.3, -0.25) is 0 Å². The number of rotatable bonds is 8. The molecule has 11 nitrogen and oxygen atoms in total. The van der Waals surface area contributed by atoms with Crippen LogP contribution in [0.3, 0.4) is 0 Å². The Morgan fingerprint density at radius 2 is 1.70 bits per heavy atom. The maximum absolute atomic E-state index is 10.7. The molecule has 0 spiro atoms. The van der Waals surface area contributed by atoms with Crippen LogP contribution in [-0.4, -0.2) is 109 Å². The van der Waals surface area contributed by atoms with Crippen molar-refractivity contribution < 1.29 is 55.1 Å². The summed E-state index contributed by atoms with van der Waals surface area (Å²) >= 11 is 0. The van der Waals surface area contributed by atoms with E-state index >= 15 is 0 Å². The van der Waals surface area contributed by atoms with E-state index in [4.69, 9.17) is 24.8 Å². The normalized spacial score (nSPS) is 35.5. The lowest BCUT2D eigenvalue weighted by atomic mass is 9.99. The van der Waals surface area contributed by atoms with Gasteiger partial charge in [0.25, 0.3) is 0 Å². The van der Waals surface area contributed by atoms with Crippen molar-refractivity contribution in [2.24, 2.45) is 0 Å². The highest BCUT2D eigenvalue weighted by Gasteiger charge is 2.45. The Labute approximate surface area is 130 Å². The molecule has 0 aromatic rings. The molecule has 0 aliphatic carbocycles. The molecule has 8 atom stereocenters. The molecule has 136 valence electrons. The molecule has 1 aliphatic rings. The van der Waals surface area contributed by atoms with Gasteiger partial charge < -0.3 is 50.3 Å². The summed E-state index contributed by atoms with van der Waals surface area (Å²) in [4.78, 5) is 10.7. The second-order valence-electron chi connectivity index (χ2n) is 5.21. The van der Waals surface area contributed by atoms with Crippen LogP contribution in [0.1, 0.15) is 6.42 Å². The van der Waals surface area contributed by atoms with Crippen molar-refractivity contribution in [2.45, 2.75) is 55.4 Å². The molecule has 23 heavy (non-hydrogen) atoms. The maximum atomic E-state index is 10.7. The predicted molar refractivity (Wildman–Crippen MR) is 70.0 cm³/mol. The fourth-order valence-electron chi connectivity index (χ4n) is 2.09. The summed E-state index contributed by atoms with van der Waals surface area (Å²) in [6.45, 7) is -1.52. The number of aliphatic carboxylic acids is 1. The quantitative estimate of drug-likeness (QED) is 0.211. The second kappa shape index (κ2) is 8.82. The third kappa shape index (κ3) is 5.04.